The standard InChI is InChI=1S/C19H15N3O2/c1-2-22-17(20-16-10-6-4-8-13(16)19(22)24)14-11-12-7-3-5-9-15(12)21-18(14)23/h3-11H,2H2,1H3,(H,21,23). The Hall–Kier alpha value is -3.21. The van der Waals surface area contributed by atoms with Gasteiger partial charge in [-0.2, -0.15) is 0 Å². The van der Waals surface area contributed by atoms with E-state index in [-0.39, 0.29) is 11.1 Å². The molecule has 0 aliphatic heterocycles. The Morgan fingerprint density at radius 2 is 1.79 bits per heavy atom. The zero-order chi connectivity index (χ0) is 16.7. The molecule has 0 saturated heterocycles. The number of aromatic nitrogens is 3. The van der Waals surface area contributed by atoms with Gasteiger partial charge in [0.2, 0.25) is 0 Å². The molecule has 0 unspecified atom stereocenters. The van der Waals surface area contributed by atoms with Crippen LogP contribution >= 0.6 is 0 Å². The minimum atomic E-state index is -0.252. The summed E-state index contributed by atoms with van der Waals surface area (Å²) < 4.78 is 1.54. The number of nitrogens with zero attached hydrogens (tertiary/aromatic N) is 2. The zero-order valence-electron chi connectivity index (χ0n) is 13.1. The van der Waals surface area contributed by atoms with Gasteiger partial charge >= 0.3 is 0 Å². The maximum atomic E-state index is 12.7. The molecule has 0 radical (unpaired) electrons. The topological polar surface area (TPSA) is 67.8 Å². The van der Waals surface area contributed by atoms with E-state index in [0.717, 1.165) is 10.9 Å². The number of hydrogen-bond donors (Lipinski definition) is 1. The monoisotopic (exact) mass is 317 g/mol. The van der Waals surface area contributed by atoms with E-state index in [1.54, 1.807) is 22.8 Å². The maximum absolute atomic E-state index is 12.7. The minimum absolute atomic E-state index is 0.134. The Morgan fingerprint density at radius 3 is 2.62 bits per heavy atom. The molecule has 0 aliphatic carbocycles. The molecule has 5 heteroatoms. The molecular weight excluding hydrogens is 302 g/mol. The summed E-state index contributed by atoms with van der Waals surface area (Å²) >= 11 is 0. The molecule has 0 saturated carbocycles. The van der Waals surface area contributed by atoms with E-state index >= 15 is 0 Å². The number of aromatic amines is 1. The summed E-state index contributed by atoms with van der Waals surface area (Å²) in [6.07, 6.45) is 0. The van der Waals surface area contributed by atoms with Gasteiger partial charge in [0.1, 0.15) is 5.82 Å². The first-order valence-electron chi connectivity index (χ1n) is 7.81. The maximum Gasteiger partial charge on any atom is 0.261 e. The quantitative estimate of drug-likeness (QED) is 0.618. The Labute approximate surface area is 137 Å². The van der Waals surface area contributed by atoms with E-state index < -0.39 is 0 Å². The molecule has 2 aromatic heterocycles. The van der Waals surface area contributed by atoms with E-state index in [1.807, 2.05) is 43.3 Å². The van der Waals surface area contributed by atoms with Crippen LogP contribution in [0.4, 0.5) is 0 Å². The van der Waals surface area contributed by atoms with Crippen molar-refractivity contribution in [1.29, 1.82) is 0 Å². The van der Waals surface area contributed by atoms with Gasteiger partial charge in [0, 0.05) is 12.1 Å². The Kier molecular flexibility index (Phi) is 3.27. The number of rotatable bonds is 2. The van der Waals surface area contributed by atoms with Crippen molar-refractivity contribution in [3.8, 4) is 11.4 Å². The van der Waals surface area contributed by atoms with E-state index in [1.165, 1.54) is 0 Å². The summed E-state index contributed by atoms with van der Waals surface area (Å²) in [5.41, 5.74) is 1.37. The average molecular weight is 317 g/mol. The number of fused-ring (bicyclic) bond motifs is 2. The van der Waals surface area contributed by atoms with E-state index in [4.69, 9.17) is 0 Å². The van der Waals surface area contributed by atoms with Crippen LogP contribution in [0.15, 0.2) is 64.2 Å². The average Bonchev–Trinajstić information content (AvgIpc) is 2.61. The lowest BCUT2D eigenvalue weighted by Gasteiger charge is -2.11. The van der Waals surface area contributed by atoms with Crippen molar-refractivity contribution in [2.75, 3.05) is 0 Å². The van der Waals surface area contributed by atoms with Crippen LogP contribution in [0.5, 0.6) is 0 Å². The van der Waals surface area contributed by atoms with Crippen molar-refractivity contribution in [2.24, 2.45) is 0 Å². The predicted molar refractivity (Wildman–Crippen MR) is 95.2 cm³/mol. The van der Waals surface area contributed by atoms with Crippen molar-refractivity contribution in [3.63, 3.8) is 0 Å². The second-order valence-electron chi connectivity index (χ2n) is 5.60. The summed E-state index contributed by atoms with van der Waals surface area (Å²) in [4.78, 5) is 32.7. The normalized spacial score (nSPS) is 11.2. The van der Waals surface area contributed by atoms with Crippen molar-refractivity contribution in [3.05, 3.63) is 75.3 Å². The molecule has 2 heterocycles. The Bertz CT molecular complexity index is 1190. The lowest BCUT2D eigenvalue weighted by molar-refractivity contribution is 0.727. The highest BCUT2D eigenvalue weighted by Crippen LogP contribution is 2.19. The summed E-state index contributed by atoms with van der Waals surface area (Å²) in [7, 11) is 0. The van der Waals surface area contributed by atoms with Gasteiger partial charge in [0.15, 0.2) is 0 Å². The van der Waals surface area contributed by atoms with Crippen molar-refractivity contribution in [2.45, 2.75) is 13.5 Å². The number of H-pyrrole nitrogens is 1. The van der Waals surface area contributed by atoms with Crippen molar-refractivity contribution < 1.29 is 0 Å². The van der Waals surface area contributed by atoms with Gasteiger partial charge in [0.25, 0.3) is 11.1 Å². The molecule has 0 amide bonds. The lowest BCUT2D eigenvalue weighted by atomic mass is 10.1. The number of para-hydroxylation sites is 2. The SMILES string of the molecule is CCn1c(-c2cc3ccccc3[nH]c2=O)nc2ccccc2c1=O. The van der Waals surface area contributed by atoms with Gasteiger partial charge in [-0.15, -0.1) is 0 Å². The van der Waals surface area contributed by atoms with Gasteiger partial charge in [0.05, 0.1) is 16.5 Å². The van der Waals surface area contributed by atoms with Crippen molar-refractivity contribution in [1.82, 2.24) is 14.5 Å². The van der Waals surface area contributed by atoms with Gasteiger partial charge < -0.3 is 4.98 Å². The van der Waals surface area contributed by atoms with Crippen LogP contribution in [-0.2, 0) is 6.54 Å². The summed E-state index contributed by atoms with van der Waals surface area (Å²) in [5, 5.41) is 1.46. The highest BCUT2D eigenvalue weighted by molar-refractivity contribution is 5.84. The second kappa shape index (κ2) is 5.45. The second-order valence-corrected chi connectivity index (χ2v) is 5.60. The molecule has 0 spiro atoms. The number of benzene rings is 2. The summed E-state index contributed by atoms with van der Waals surface area (Å²) in [5.74, 6) is 0.396. The van der Waals surface area contributed by atoms with Gasteiger partial charge in [-0.25, -0.2) is 4.98 Å². The third-order valence-electron chi connectivity index (χ3n) is 4.17. The smallest absolute Gasteiger partial charge is 0.261 e. The van der Waals surface area contributed by atoms with E-state index in [0.29, 0.717) is 28.8 Å². The first kappa shape index (κ1) is 14.4. The molecule has 0 aliphatic rings. The first-order valence-corrected chi connectivity index (χ1v) is 7.81. The van der Waals surface area contributed by atoms with Crippen LogP contribution in [0.1, 0.15) is 6.92 Å². The Balaban J connectivity index is 2.11. The Morgan fingerprint density at radius 1 is 1.04 bits per heavy atom. The number of pyridine rings is 1. The van der Waals surface area contributed by atoms with Crippen molar-refractivity contribution >= 4 is 21.8 Å². The van der Waals surface area contributed by atoms with Crippen LogP contribution in [0.2, 0.25) is 0 Å². The van der Waals surface area contributed by atoms with Gasteiger partial charge in [-0.1, -0.05) is 30.3 Å². The molecule has 2 aromatic carbocycles. The molecular formula is C19H15N3O2. The molecule has 0 atom stereocenters. The highest BCUT2D eigenvalue weighted by atomic mass is 16.1. The third kappa shape index (κ3) is 2.13. The molecule has 4 rings (SSSR count). The van der Waals surface area contributed by atoms with Gasteiger partial charge in [-0.05, 0) is 36.6 Å². The molecule has 0 fully saturated rings. The highest BCUT2D eigenvalue weighted by Gasteiger charge is 2.15. The van der Waals surface area contributed by atoms with E-state index in [2.05, 4.69) is 9.97 Å². The van der Waals surface area contributed by atoms with E-state index in [9.17, 15) is 9.59 Å². The summed E-state index contributed by atoms with van der Waals surface area (Å²) in [6.45, 7) is 2.31. The molecule has 118 valence electrons. The predicted octanol–water partition coefficient (Wildman–Crippen LogP) is 2.92. The molecule has 4 aromatic rings. The first-order chi connectivity index (χ1) is 11.7. The molecule has 5 nitrogen and oxygen atoms in total. The zero-order valence-corrected chi connectivity index (χ0v) is 13.1. The fourth-order valence-electron chi connectivity index (χ4n) is 2.98. The van der Waals surface area contributed by atoms with Gasteiger partial charge in [-0.3, -0.25) is 14.2 Å². The molecule has 24 heavy (non-hydrogen) atoms. The molecule has 0 bridgehead atoms. The van der Waals surface area contributed by atoms with Crippen LogP contribution in [0.3, 0.4) is 0 Å². The molecule has 1 N–H and O–H groups in total. The largest absolute Gasteiger partial charge is 0.321 e. The number of hydrogen-bond acceptors (Lipinski definition) is 3. The minimum Gasteiger partial charge on any atom is -0.321 e. The lowest BCUT2D eigenvalue weighted by Crippen LogP contribution is -2.25. The van der Waals surface area contributed by atoms with Crippen LogP contribution < -0.4 is 11.1 Å². The summed E-state index contributed by atoms with van der Waals surface area (Å²) in [6, 6.07) is 16.5. The fraction of sp³-hybridized carbons (Fsp3) is 0.105. The third-order valence-corrected chi connectivity index (χ3v) is 4.17. The van der Waals surface area contributed by atoms with Crippen LogP contribution in [0.25, 0.3) is 33.2 Å². The number of nitrogens with one attached hydrogen (secondary N) is 1. The van der Waals surface area contributed by atoms with Crippen LogP contribution in [-0.4, -0.2) is 14.5 Å². The fourth-order valence-corrected chi connectivity index (χ4v) is 2.98. The van der Waals surface area contributed by atoms with Crippen LogP contribution in [0, 0.1) is 0 Å².